The lowest BCUT2D eigenvalue weighted by Crippen LogP contribution is -2.15. The molecule has 0 radical (unpaired) electrons. The van der Waals surface area contributed by atoms with Gasteiger partial charge in [0.15, 0.2) is 0 Å². The van der Waals surface area contributed by atoms with Crippen LogP contribution in [-0.2, 0) is 0 Å². The van der Waals surface area contributed by atoms with Crippen molar-refractivity contribution in [3.8, 4) is 5.75 Å². The van der Waals surface area contributed by atoms with Crippen molar-refractivity contribution < 1.29 is 9.53 Å². The summed E-state index contributed by atoms with van der Waals surface area (Å²) in [6, 6.07) is 14.8. The lowest BCUT2D eigenvalue weighted by molar-refractivity contribution is 0.102. The van der Waals surface area contributed by atoms with E-state index in [9.17, 15) is 4.79 Å². The Kier molecular flexibility index (Phi) is 5.89. The van der Waals surface area contributed by atoms with E-state index in [4.69, 9.17) is 4.74 Å². The maximum atomic E-state index is 12.5. The number of aryl methyl sites for hydroxylation is 1. The lowest BCUT2D eigenvalue weighted by Gasteiger charge is -2.11. The summed E-state index contributed by atoms with van der Waals surface area (Å²) >= 11 is 0. The summed E-state index contributed by atoms with van der Waals surface area (Å²) in [5.41, 5.74) is 4.15. The largest absolute Gasteiger partial charge is 0.491 e. The Hall–Kier alpha value is -3.41. The molecule has 0 aliphatic heterocycles. The van der Waals surface area contributed by atoms with Crippen LogP contribution in [0.25, 0.3) is 0 Å². The lowest BCUT2D eigenvalue weighted by atomic mass is 10.1. The predicted molar refractivity (Wildman–Crippen MR) is 111 cm³/mol. The van der Waals surface area contributed by atoms with Gasteiger partial charge in [-0.3, -0.25) is 4.79 Å². The van der Waals surface area contributed by atoms with E-state index in [0.717, 1.165) is 17.0 Å². The summed E-state index contributed by atoms with van der Waals surface area (Å²) in [4.78, 5) is 21.1. The molecule has 0 aliphatic carbocycles. The Labute approximate surface area is 165 Å². The molecule has 0 saturated carbocycles. The van der Waals surface area contributed by atoms with Gasteiger partial charge in [-0.1, -0.05) is 12.1 Å². The number of hydrogen-bond donors (Lipinski definition) is 2. The highest BCUT2D eigenvalue weighted by Gasteiger charge is 2.11. The zero-order valence-electron chi connectivity index (χ0n) is 16.5. The van der Waals surface area contributed by atoms with Gasteiger partial charge in [-0.15, -0.1) is 0 Å². The van der Waals surface area contributed by atoms with Crippen LogP contribution in [0.3, 0.4) is 0 Å². The third-order valence-electron chi connectivity index (χ3n) is 4.22. The SMILES string of the molecule is Cc1cccc(Nc2nccc(C(=O)Nc3ccc(OC(C)C)cc3)n2)c1C. The van der Waals surface area contributed by atoms with Gasteiger partial charge >= 0.3 is 0 Å². The first kappa shape index (κ1) is 19.4. The van der Waals surface area contributed by atoms with Crippen molar-refractivity contribution in [1.29, 1.82) is 0 Å². The van der Waals surface area contributed by atoms with E-state index in [1.807, 2.05) is 58.0 Å². The smallest absolute Gasteiger partial charge is 0.274 e. The summed E-state index contributed by atoms with van der Waals surface area (Å²) < 4.78 is 5.61. The second-order valence-electron chi connectivity index (χ2n) is 6.78. The summed E-state index contributed by atoms with van der Waals surface area (Å²) in [5, 5.41) is 6.02. The molecule has 144 valence electrons. The molecule has 0 fully saturated rings. The van der Waals surface area contributed by atoms with Crippen molar-refractivity contribution in [2.75, 3.05) is 10.6 Å². The molecular formula is C22H24N4O2. The van der Waals surface area contributed by atoms with Crippen LogP contribution in [0.5, 0.6) is 5.75 Å². The van der Waals surface area contributed by atoms with Crippen LogP contribution in [-0.4, -0.2) is 22.0 Å². The number of benzene rings is 2. The fraction of sp³-hybridized carbons (Fsp3) is 0.227. The van der Waals surface area contributed by atoms with Crippen molar-refractivity contribution >= 4 is 23.2 Å². The average molecular weight is 376 g/mol. The Balaban J connectivity index is 1.71. The first-order valence-electron chi connectivity index (χ1n) is 9.17. The number of ether oxygens (including phenoxy) is 1. The molecule has 1 aromatic heterocycles. The van der Waals surface area contributed by atoms with Crippen molar-refractivity contribution in [1.82, 2.24) is 9.97 Å². The topological polar surface area (TPSA) is 76.1 Å². The van der Waals surface area contributed by atoms with E-state index in [1.165, 1.54) is 5.56 Å². The van der Waals surface area contributed by atoms with Crippen LogP contribution in [0.2, 0.25) is 0 Å². The summed E-state index contributed by atoms with van der Waals surface area (Å²) in [7, 11) is 0. The van der Waals surface area contributed by atoms with E-state index in [1.54, 1.807) is 24.4 Å². The molecule has 0 atom stereocenters. The van der Waals surface area contributed by atoms with Crippen molar-refractivity contribution in [3.05, 3.63) is 71.5 Å². The van der Waals surface area contributed by atoms with Gasteiger partial charge in [0, 0.05) is 17.6 Å². The van der Waals surface area contributed by atoms with Gasteiger partial charge in [0.2, 0.25) is 5.95 Å². The molecule has 2 N–H and O–H groups in total. The van der Waals surface area contributed by atoms with Crippen LogP contribution in [0.1, 0.15) is 35.5 Å². The third-order valence-corrected chi connectivity index (χ3v) is 4.22. The third kappa shape index (κ3) is 4.85. The Morgan fingerprint density at radius 1 is 1.04 bits per heavy atom. The minimum atomic E-state index is -0.302. The second kappa shape index (κ2) is 8.52. The minimum Gasteiger partial charge on any atom is -0.491 e. The number of carbonyl (C=O) groups excluding carboxylic acids is 1. The molecule has 28 heavy (non-hydrogen) atoms. The number of amides is 1. The first-order chi connectivity index (χ1) is 13.4. The normalized spacial score (nSPS) is 10.6. The maximum Gasteiger partial charge on any atom is 0.274 e. The van der Waals surface area contributed by atoms with Gasteiger partial charge in [-0.25, -0.2) is 9.97 Å². The number of nitrogens with one attached hydrogen (secondary N) is 2. The molecule has 3 aromatic rings. The Morgan fingerprint density at radius 2 is 1.79 bits per heavy atom. The zero-order chi connectivity index (χ0) is 20.1. The van der Waals surface area contributed by atoms with Crippen LogP contribution < -0.4 is 15.4 Å². The van der Waals surface area contributed by atoms with Gasteiger partial charge < -0.3 is 15.4 Å². The second-order valence-corrected chi connectivity index (χ2v) is 6.78. The van der Waals surface area contributed by atoms with Crippen LogP contribution in [0.4, 0.5) is 17.3 Å². The van der Waals surface area contributed by atoms with Gasteiger partial charge in [-0.2, -0.15) is 0 Å². The maximum absolute atomic E-state index is 12.5. The molecule has 0 spiro atoms. The van der Waals surface area contributed by atoms with E-state index >= 15 is 0 Å². The fourth-order valence-electron chi connectivity index (χ4n) is 2.64. The van der Waals surface area contributed by atoms with Gasteiger partial charge in [0.05, 0.1) is 6.10 Å². The van der Waals surface area contributed by atoms with E-state index in [2.05, 4.69) is 20.6 Å². The number of nitrogens with zero attached hydrogens (tertiary/aromatic N) is 2. The molecule has 6 nitrogen and oxygen atoms in total. The number of rotatable bonds is 6. The van der Waals surface area contributed by atoms with Gasteiger partial charge in [0.1, 0.15) is 11.4 Å². The molecule has 0 saturated heterocycles. The number of hydrogen-bond acceptors (Lipinski definition) is 5. The molecule has 1 amide bonds. The molecular weight excluding hydrogens is 352 g/mol. The average Bonchev–Trinajstić information content (AvgIpc) is 2.67. The monoisotopic (exact) mass is 376 g/mol. The summed E-state index contributed by atoms with van der Waals surface area (Å²) in [5.74, 6) is 0.834. The van der Waals surface area contributed by atoms with Crippen molar-refractivity contribution in [3.63, 3.8) is 0 Å². The highest BCUT2D eigenvalue weighted by atomic mass is 16.5. The van der Waals surface area contributed by atoms with E-state index in [-0.39, 0.29) is 17.7 Å². The molecule has 0 aliphatic rings. The van der Waals surface area contributed by atoms with Crippen molar-refractivity contribution in [2.45, 2.75) is 33.8 Å². The fourth-order valence-corrected chi connectivity index (χ4v) is 2.64. The molecule has 0 bridgehead atoms. The number of anilines is 3. The van der Waals surface area contributed by atoms with Crippen LogP contribution in [0, 0.1) is 13.8 Å². The molecule has 3 rings (SSSR count). The highest BCUT2D eigenvalue weighted by Crippen LogP contribution is 2.21. The highest BCUT2D eigenvalue weighted by molar-refractivity contribution is 6.03. The first-order valence-corrected chi connectivity index (χ1v) is 9.17. The van der Waals surface area contributed by atoms with Crippen LogP contribution in [0.15, 0.2) is 54.7 Å². The molecule has 0 unspecified atom stereocenters. The summed E-state index contributed by atoms with van der Waals surface area (Å²) in [6.07, 6.45) is 1.67. The minimum absolute atomic E-state index is 0.101. The Morgan fingerprint density at radius 3 is 2.50 bits per heavy atom. The predicted octanol–water partition coefficient (Wildman–Crippen LogP) is 4.88. The van der Waals surface area contributed by atoms with Gasteiger partial charge in [-0.05, 0) is 75.2 Å². The number of carbonyl (C=O) groups is 1. The quantitative estimate of drug-likeness (QED) is 0.641. The van der Waals surface area contributed by atoms with E-state index < -0.39 is 0 Å². The Bertz CT molecular complexity index is 969. The van der Waals surface area contributed by atoms with Crippen molar-refractivity contribution in [2.24, 2.45) is 0 Å². The molecule has 6 heteroatoms. The van der Waals surface area contributed by atoms with Crippen LogP contribution >= 0.6 is 0 Å². The van der Waals surface area contributed by atoms with E-state index in [0.29, 0.717) is 11.6 Å². The zero-order valence-corrected chi connectivity index (χ0v) is 16.5. The summed E-state index contributed by atoms with van der Waals surface area (Å²) in [6.45, 7) is 8.01. The molecule has 1 heterocycles. The number of aromatic nitrogens is 2. The van der Waals surface area contributed by atoms with Gasteiger partial charge in [0.25, 0.3) is 5.91 Å². The standard InChI is InChI=1S/C22H24N4O2/c1-14(2)28-18-10-8-17(9-11-18)24-21(27)20-12-13-23-22(26-20)25-19-7-5-6-15(3)16(19)4/h5-14H,1-4H3,(H,24,27)(H,23,25,26). The molecule has 2 aromatic carbocycles.